The number of methoxy groups -OCH3 is 1. The smallest absolute Gasteiger partial charge is 0.387 e. The number of rotatable bonds is 7. The van der Waals surface area contributed by atoms with Crippen molar-refractivity contribution in [1.29, 1.82) is 0 Å². The Labute approximate surface area is 173 Å². The third kappa shape index (κ3) is 5.77. The van der Waals surface area contributed by atoms with Crippen molar-refractivity contribution >= 4 is 18.3 Å². The molecule has 1 fully saturated rings. The van der Waals surface area contributed by atoms with Crippen molar-refractivity contribution < 1.29 is 23.0 Å². The number of alkyl halides is 2. The third-order valence-corrected chi connectivity index (χ3v) is 4.62. The molecule has 0 saturated carbocycles. The Balaban J connectivity index is 0.00000300. The van der Waals surface area contributed by atoms with Gasteiger partial charge >= 0.3 is 6.61 Å². The first-order chi connectivity index (χ1) is 13.5. The second-order valence-electron chi connectivity index (χ2n) is 6.59. The summed E-state index contributed by atoms with van der Waals surface area (Å²) in [5.41, 5.74) is 0.872. The molecule has 8 nitrogen and oxygen atoms in total. The summed E-state index contributed by atoms with van der Waals surface area (Å²) in [6.45, 7) is -0.945. The summed E-state index contributed by atoms with van der Waals surface area (Å²) in [7, 11) is 2.98. The topological polar surface area (TPSA) is 81.5 Å². The zero-order valence-electron chi connectivity index (χ0n) is 16.2. The number of nitrogens with one attached hydrogen (secondary N) is 1. The summed E-state index contributed by atoms with van der Waals surface area (Å²) in [6.07, 6.45) is 3.53. The first-order valence-electron chi connectivity index (χ1n) is 8.97. The Morgan fingerprint density at radius 3 is 2.72 bits per heavy atom. The SMILES string of the molecule is COc1ccc(CN(C)C(=O)c2cn(C3CCNCC3)nn2)cc1OC(F)F.Cl. The highest BCUT2D eigenvalue weighted by Crippen LogP contribution is 2.30. The minimum Gasteiger partial charge on any atom is -0.493 e. The van der Waals surface area contributed by atoms with Crippen LogP contribution in [0.5, 0.6) is 11.5 Å². The van der Waals surface area contributed by atoms with Crippen molar-refractivity contribution in [3.63, 3.8) is 0 Å². The van der Waals surface area contributed by atoms with Crippen LogP contribution < -0.4 is 14.8 Å². The van der Waals surface area contributed by atoms with E-state index in [-0.39, 0.29) is 48.1 Å². The van der Waals surface area contributed by atoms with Crippen LogP contribution in [0, 0.1) is 0 Å². The van der Waals surface area contributed by atoms with E-state index in [2.05, 4.69) is 20.4 Å². The van der Waals surface area contributed by atoms with E-state index in [1.807, 2.05) is 0 Å². The number of halogens is 3. The third-order valence-electron chi connectivity index (χ3n) is 4.62. The molecule has 0 aliphatic carbocycles. The van der Waals surface area contributed by atoms with Crippen LogP contribution in [0.15, 0.2) is 24.4 Å². The van der Waals surface area contributed by atoms with Gasteiger partial charge in [-0.05, 0) is 43.6 Å². The summed E-state index contributed by atoms with van der Waals surface area (Å²) < 4.78 is 36.4. The number of nitrogens with zero attached hydrogens (tertiary/aromatic N) is 4. The molecule has 0 spiro atoms. The predicted octanol–water partition coefficient (Wildman–Crippen LogP) is 2.51. The Hall–Kier alpha value is -2.46. The zero-order valence-corrected chi connectivity index (χ0v) is 17.0. The quantitative estimate of drug-likeness (QED) is 0.725. The molecule has 1 saturated heterocycles. The van der Waals surface area contributed by atoms with Crippen LogP contribution in [0.2, 0.25) is 0 Å². The monoisotopic (exact) mass is 431 g/mol. The van der Waals surface area contributed by atoms with E-state index >= 15 is 0 Å². The maximum absolute atomic E-state index is 12.7. The Kier molecular flexibility index (Phi) is 8.15. The number of carbonyl (C=O) groups is 1. The van der Waals surface area contributed by atoms with Crippen molar-refractivity contribution in [1.82, 2.24) is 25.2 Å². The van der Waals surface area contributed by atoms with Crippen molar-refractivity contribution in [2.75, 3.05) is 27.2 Å². The molecule has 1 amide bonds. The number of benzene rings is 1. The van der Waals surface area contributed by atoms with E-state index in [1.54, 1.807) is 24.0 Å². The highest BCUT2D eigenvalue weighted by Gasteiger charge is 2.21. The van der Waals surface area contributed by atoms with Gasteiger partial charge in [-0.2, -0.15) is 8.78 Å². The first-order valence-corrected chi connectivity index (χ1v) is 8.97. The van der Waals surface area contributed by atoms with Gasteiger partial charge in [0.05, 0.1) is 19.3 Å². The van der Waals surface area contributed by atoms with Gasteiger partial charge in [0.1, 0.15) is 0 Å². The van der Waals surface area contributed by atoms with Gasteiger partial charge in [-0.1, -0.05) is 11.3 Å². The lowest BCUT2D eigenvalue weighted by Gasteiger charge is -2.22. The van der Waals surface area contributed by atoms with Gasteiger partial charge in [0, 0.05) is 13.6 Å². The molecule has 29 heavy (non-hydrogen) atoms. The molecule has 2 aromatic rings. The van der Waals surface area contributed by atoms with Crippen LogP contribution in [-0.4, -0.2) is 59.7 Å². The molecule has 160 valence electrons. The van der Waals surface area contributed by atoms with Crippen LogP contribution in [0.1, 0.15) is 34.9 Å². The van der Waals surface area contributed by atoms with Gasteiger partial charge < -0.3 is 19.7 Å². The van der Waals surface area contributed by atoms with Crippen LogP contribution in [0.3, 0.4) is 0 Å². The zero-order chi connectivity index (χ0) is 20.1. The average molecular weight is 432 g/mol. The molecule has 1 aromatic heterocycles. The van der Waals surface area contributed by atoms with Gasteiger partial charge in [-0.25, -0.2) is 4.68 Å². The van der Waals surface area contributed by atoms with Crippen LogP contribution >= 0.6 is 12.4 Å². The maximum Gasteiger partial charge on any atom is 0.387 e. The lowest BCUT2D eigenvalue weighted by molar-refractivity contribution is -0.0512. The minimum absolute atomic E-state index is 0. The lowest BCUT2D eigenvalue weighted by Crippen LogP contribution is -2.29. The van der Waals surface area contributed by atoms with Crippen LogP contribution in [0.25, 0.3) is 0 Å². The molecule has 1 aromatic carbocycles. The molecule has 0 bridgehead atoms. The minimum atomic E-state index is -2.96. The van der Waals surface area contributed by atoms with Crippen molar-refractivity contribution in [3.8, 4) is 11.5 Å². The maximum atomic E-state index is 12.7. The Morgan fingerprint density at radius 1 is 1.34 bits per heavy atom. The fourth-order valence-corrected chi connectivity index (χ4v) is 3.17. The molecule has 2 heterocycles. The van der Waals surface area contributed by atoms with E-state index in [4.69, 9.17) is 4.74 Å². The van der Waals surface area contributed by atoms with E-state index in [0.29, 0.717) is 5.56 Å². The molecular formula is C18H24ClF2N5O3. The summed E-state index contributed by atoms with van der Waals surface area (Å²) in [4.78, 5) is 14.1. The largest absolute Gasteiger partial charge is 0.493 e. The number of hydrogen-bond donors (Lipinski definition) is 1. The van der Waals surface area contributed by atoms with E-state index in [9.17, 15) is 13.6 Å². The molecule has 0 atom stereocenters. The molecule has 11 heteroatoms. The summed E-state index contributed by atoms with van der Waals surface area (Å²) in [6, 6.07) is 4.88. The molecule has 1 aliphatic heterocycles. The number of aromatic nitrogens is 3. The second kappa shape index (κ2) is 10.4. The van der Waals surface area contributed by atoms with E-state index in [0.717, 1.165) is 25.9 Å². The highest BCUT2D eigenvalue weighted by atomic mass is 35.5. The number of hydrogen-bond acceptors (Lipinski definition) is 6. The standard InChI is InChI=1S/C18H23F2N5O3.ClH/c1-24(10-12-3-4-15(27-2)16(9-12)28-18(19)20)17(26)14-11-25(23-22-14)13-5-7-21-8-6-13;/h3-4,9,11,13,18,21H,5-8,10H2,1-2H3;1H. The lowest BCUT2D eigenvalue weighted by atomic mass is 10.1. The Bertz CT molecular complexity index is 815. The van der Waals surface area contributed by atoms with E-state index < -0.39 is 6.61 Å². The average Bonchev–Trinajstić information content (AvgIpc) is 3.18. The summed E-state index contributed by atoms with van der Waals surface area (Å²) in [5.74, 6) is -0.178. The second-order valence-corrected chi connectivity index (χ2v) is 6.59. The van der Waals surface area contributed by atoms with E-state index in [1.165, 1.54) is 24.1 Å². The molecule has 3 rings (SSSR count). The summed E-state index contributed by atoms with van der Waals surface area (Å²) >= 11 is 0. The normalized spacial score (nSPS) is 14.4. The van der Waals surface area contributed by atoms with Crippen LogP contribution in [-0.2, 0) is 6.54 Å². The summed E-state index contributed by atoms with van der Waals surface area (Å²) in [5, 5.41) is 11.4. The number of amides is 1. The number of ether oxygens (including phenoxy) is 2. The highest BCUT2D eigenvalue weighted by molar-refractivity contribution is 5.91. The fourth-order valence-electron chi connectivity index (χ4n) is 3.17. The first kappa shape index (κ1) is 22.8. The van der Waals surface area contributed by atoms with Gasteiger partial charge in [0.25, 0.3) is 5.91 Å². The Morgan fingerprint density at radius 2 is 2.07 bits per heavy atom. The molecule has 0 unspecified atom stereocenters. The van der Waals surface area contributed by atoms with Gasteiger partial charge in [-0.3, -0.25) is 4.79 Å². The predicted molar refractivity (Wildman–Crippen MR) is 104 cm³/mol. The molecule has 1 aliphatic rings. The van der Waals surface area contributed by atoms with Gasteiger partial charge in [-0.15, -0.1) is 17.5 Å². The van der Waals surface area contributed by atoms with Gasteiger partial charge in [0.2, 0.25) is 0 Å². The molecule has 1 N–H and O–H groups in total. The van der Waals surface area contributed by atoms with Crippen molar-refractivity contribution in [2.24, 2.45) is 0 Å². The molecule has 0 radical (unpaired) electrons. The van der Waals surface area contributed by atoms with Crippen molar-refractivity contribution in [3.05, 3.63) is 35.7 Å². The molecular weight excluding hydrogens is 408 g/mol. The van der Waals surface area contributed by atoms with Crippen LogP contribution in [0.4, 0.5) is 8.78 Å². The van der Waals surface area contributed by atoms with Gasteiger partial charge in [0.15, 0.2) is 17.2 Å². The number of carbonyl (C=O) groups excluding carboxylic acids is 1. The number of piperidine rings is 1. The fraction of sp³-hybridized carbons (Fsp3) is 0.500. The van der Waals surface area contributed by atoms with Crippen molar-refractivity contribution in [2.45, 2.75) is 32.0 Å².